The van der Waals surface area contributed by atoms with Crippen molar-refractivity contribution in [2.24, 2.45) is 11.3 Å². The molecule has 2 aromatic rings. The number of aromatic nitrogens is 2. The van der Waals surface area contributed by atoms with Crippen LogP contribution >= 0.6 is 0 Å². The Morgan fingerprint density at radius 3 is 2.60 bits per heavy atom. The number of fused-ring (bicyclic) bond motifs is 1. The fourth-order valence-corrected chi connectivity index (χ4v) is 5.99. The molecule has 3 aliphatic rings. The molecule has 3 aliphatic heterocycles. The molecule has 0 saturated carbocycles. The topological polar surface area (TPSA) is 106 Å². The fourth-order valence-electron chi connectivity index (χ4n) is 5.99. The van der Waals surface area contributed by atoms with Gasteiger partial charge in [-0.1, -0.05) is 13.0 Å². The molecule has 216 valence electrons. The zero-order valence-electron chi connectivity index (χ0n) is 23.9. The van der Waals surface area contributed by atoms with Gasteiger partial charge in [0.1, 0.15) is 5.69 Å². The van der Waals surface area contributed by atoms with Gasteiger partial charge in [0.25, 0.3) is 11.8 Å². The number of likely N-dealkylation sites (N-methyl/N-ethyl adjacent to an activating group) is 1. The van der Waals surface area contributed by atoms with Gasteiger partial charge in [-0.25, -0.2) is 4.79 Å². The van der Waals surface area contributed by atoms with Crippen LogP contribution in [0.1, 0.15) is 69.2 Å². The smallest absolute Gasteiger partial charge is 0.338 e. The number of rotatable bonds is 7. The van der Waals surface area contributed by atoms with Crippen molar-refractivity contribution in [3.63, 3.8) is 0 Å². The van der Waals surface area contributed by atoms with Gasteiger partial charge in [-0.2, -0.15) is 5.10 Å². The molecule has 40 heavy (non-hydrogen) atoms. The third-order valence-corrected chi connectivity index (χ3v) is 8.55. The van der Waals surface area contributed by atoms with E-state index in [0.29, 0.717) is 62.6 Å². The number of esters is 1. The Kier molecular flexibility index (Phi) is 8.56. The number of benzene rings is 1. The second-order valence-corrected chi connectivity index (χ2v) is 11.6. The molecular formula is C30H41N5O5. The van der Waals surface area contributed by atoms with Gasteiger partial charge in [-0.15, -0.1) is 0 Å². The minimum Gasteiger partial charge on any atom is -0.462 e. The lowest BCUT2D eigenvalue weighted by molar-refractivity contribution is 0.0160. The first-order valence-electron chi connectivity index (χ1n) is 14.5. The number of amides is 2. The van der Waals surface area contributed by atoms with Crippen molar-refractivity contribution in [2.75, 3.05) is 59.6 Å². The second-order valence-electron chi connectivity index (χ2n) is 11.6. The number of hydrogen-bond donors (Lipinski definition) is 1. The normalized spacial score (nSPS) is 20.0. The van der Waals surface area contributed by atoms with Crippen LogP contribution < -0.4 is 5.32 Å². The number of carbonyl (C=O) groups is 3. The quantitative estimate of drug-likeness (QED) is 0.527. The Hall–Kier alpha value is -3.24. The van der Waals surface area contributed by atoms with Crippen LogP contribution in [0.4, 0.5) is 0 Å². The predicted molar refractivity (Wildman–Crippen MR) is 149 cm³/mol. The fraction of sp³-hybridized carbons (Fsp3) is 0.600. The summed E-state index contributed by atoms with van der Waals surface area (Å²) in [6.07, 6.45) is 3.21. The van der Waals surface area contributed by atoms with Crippen LogP contribution in [-0.2, 0) is 28.9 Å². The molecule has 2 fully saturated rings. The highest BCUT2D eigenvalue weighted by atomic mass is 16.5. The molecule has 0 aliphatic carbocycles. The lowest BCUT2D eigenvalue weighted by Gasteiger charge is -2.36. The van der Waals surface area contributed by atoms with Crippen molar-refractivity contribution in [1.29, 1.82) is 0 Å². The van der Waals surface area contributed by atoms with Crippen molar-refractivity contribution in [1.82, 2.24) is 24.9 Å². The van der Waals surface area contributed by atoms with Gasteiger partial charge < -0.3 is 24.6 Å². The summed E-state index contributed by atoms with van der Waals surface area (Å²) in [4.78, 5) is 43.0. The molecule has 5 rings (SSSR count). The van der Waals surface area contributed by atoms with Crippen LogP contribution in [0.25, 0.3) is 0 Å². The molecule has 1 atom stereocenters. The Labute approximate surface area is 236 Å². The van der Waals surface area contributed by atoms with Gasteiger partial charge in [-0.3, -0.25) is 14.3 Å². The molecule has 0 bridgehead atoms. The predicted octanol–water partition coefficient (Wildman–Crippen LogP) is 2.41. The number of nitrogens with one attached hydrogen (secondary N) is 1. The van der Waals surface area contributed by atoms with E-state index in [1.807, 2.05) is 25.8 Å². The van der Waals surface area contributed by atoms with E-state index in [1.165, 1.54) is 0 Å². The van der Waals surface area contributed by atoms with E-state index >= 15 is 0 Å². The minimum absolute atomic E-state index is 0.000337. The molecule has 0 unspecified atom stereocenters. The summed E-state index contributed by atoms with van der Waals surface area (Å²) < 4.78 is 13.1. The van der Waals surface area contributed by atoms with Crippen LogP contribution in [0.15, 0.2) is 24.3 Å². The molecular weight excluding hydrogens is 510 g/mol. The van der Waals surface area contributed by atoms with Crippen LogP contribution in [-0.4, -0.2) is 97.0 Å². The summed E-state index contributed by atoms with van der Waals surface area (Å²) in [6.45, 7) is 9.94. The standard InChI is InChI=1S/C30H41N5O5/c1-4-35-26-24(18-30(20-31-27(26)36)8-14-39-15-9-30)25(32-35)16-21(2)19-40-29(38)23-7-5-6-22(17-23)28(37)34-12-10-33(3)11-13-34/h5-7,17,21H,4,8-16,18-20H2,1-3H3,(H,31,36)/t21-/m1/s1. The lowest BCUT2D eigenvalue weighted by Crippen LogP contribution is -2.47. The molecule has 1 N–H and O–H groups in total. The molecule has 1 spiro atoms. The second kappa shape index (κ2) is 12.1. The average Bonchev–Trinajstić information content (AvgIpc) is 3.24. The lowest BCUT2D eigenvalue weighted by atomic mass is 9.75. The summed E-state index contributed by atoms with van der Waals surface area (Å²) in [6, 6.07) is 6.79. The summed E-state index contributed by atoms with van der Waals surface area (Å²) in [5.41, 5.74) is 3.44. The molecule has 2 amide bonds. The number of nitrogens with zero attached hydrogens (tertiary/aromatic N) is 4. The molecule has 10 heteroatoms. The molecule has 1 aromatic heterocycles. The Morgan fingerprint density at radius 2 is 1.88 bits per heavy atom. The van der Waals surface area contributed by atoms with E-state index in [-0.39, 0.29) is 29.8 Å². The van der Waals surface area contributed by atoms with E-state index in [4.69, 9.17) is 14.6 Å². The van der Waals surface area contributed by atoms with Crippen molar-refractivity contribution >= 4 is 17.8 Å². The third kappa shape index (κ3) is 6.07. The first-order chi connectivity index (χ1) is 19.3. The highest BCUT2D eigenvalue weighted by Crippen LogP contribution is 2.38. The Bertz CT molecular complexity index is 1240. The Balaban J connectivity index is 1.24. The molecule has 0 radical (unpaired) electrons. The van der Waals surface area contributed by atoms with Crippen molar-refractivity contribution in [2.45, 2.75) is 46.1 Å². The van der Waals surface area contributed by atoms with Crippen LogP contribution in [0.2, 0.25) is 0 Å². The first kappa shape index (κ1) is 28.3. The summed E-state index contributed by atoms with van der Waals surface area (Å²) in [7, 11) is 2.05. The van der Waals surface area contributed by atoms with E-state index < -0.39 is 5.97 Å². The van der Waals surface area contributed by atoms with E-state index in [1.54, 1.807) is 28.9 Å². The van der Waals surface area contributed by atoms with Crippen LogP contribution in [0.3, 0.4) is 0 Å². The Morgan fingerprint density at radius 1 is 1.15 bits per heavy atom. The highest BCUT2D eigenvalue weighted by Gasteiger charge is 2.39. The van der Waals surface area contributed by atoms with Gasteiger partial charge >= 0.3 is 5.97 Å². The maximum Gasteiger partial charge on any atom is 0.338 e. The van der Waals surface area contributed by atoms with Gasteiger partial charge in [0, 0.05) is 63.6 Å². The molecule has 1 aromatic carbocycles. The minimum atomic E-state index is -0.446. The van der Waals surface area contributed by atoms with E-state index in [9.17, 15) is 14.4 Å². The largest absolute Gasteiger partial charge is 0.462 e. The van der Waals surface area contributed by atoms with Crippen LogP contribution in [0, 0.1) is 11.3 Å². The van der Waals surface area contributed by atoms with Crippen molar-refractivity contribution in [3.05, 3.63) is 52.3 Å². The number of aryl methyl sites for hydroxylation is 1. The average molecular weight is 552 g/mol. The van der Waals surface area contributed by atoms with Gasteiger partial charge in [0.15, 0.2) is 0 Å². The number of hydrogen-bond acceptors (Lipinski definition) is 7. The molecule has 4 heterocycles. The maximum atomic E-state index is 13.1. The zero-order chi connectivity index (χ0) is 28.3. The number of ether oxygens (including phenoxy) is 2. The summed E-state index contributed by atoms with van der Waals surface area (Å²) in [5.74, 6) is -0.572. The third-order valence-electron chi connectivity index (χ3n) is 8.55. The summed E-state index contributed by atoms with van der Waals surface area (Å²) in [5, 5.41) is 7.97. The van der Waals surface area contributed by atoms with Crippen molar-refractivity contribution < 1.29 is 23.9 Å². The highest BCUT2D eigenvalue weighted by molar-refractivity contribution is 5.98. The summed E-state index contributed by atoms with van der Waals surface area (Å²) >= 11 is 0. The monoisotopic (exact) mass is 551 g/mol. The zero-order valence-corrected chi connectivity index (χ0v) is 23.9. The number of carbonyl (C=O) groups excluding carboxylic acids is 3. The van der Waals surface area contributed by atoms with Gasteiger partial charge in [0.05, 0.1) is 17.9 Å². The SMILES string of the molecule is CCn1nc(C[C@@H](C)COC(=O)c2cccc(C(=O)N3CCN(C)CC3)c2)c2c1C(=O)NCC1(CCOCC1)C2. The van der Waals surface area contributed by atoms with E-state index in [0.717, 1.165) is 43.6 Å². The maximum absolute atomic E-state index is 13.1. The molecule has 10 nitrogen and oxygen atoms in total. The number of piperazine rings is 1. The van der Waals surface area contributed by atoms with E-state index in [2.05, 4.69) is 10.2 Å². The molecule has 2 saturated heterocycles. The van der Waals surface area contributed by atoms with Crippen molar-refractivity contribution in [3.8, 4) is 0 Å². The first-order valence-corrected chi connectivity index (χ1v) is 14.5. The van der Waals surface area contributed by atoms with Gasteiger partial charge in [0.2, 0.25) is 0 Å². The van der Waals surface area contributed by atoms with Gasteiger partial charge in [-0.05, 0) is 69.2 Å². The van der Waals surface area contributed by atoms with Crippen LogP contribution in [0.5, 0.6) is 0 Å².